The van der Waals surface area contributed by atoms with Gasteiger partial charge in [0.15, 0.2) is 16.6 Å². The molecule has 8 aromatic carbocycles. The lowest BCUT2D eigenvalue weighted by Crippen LogP contribution is -2.40. The van der Waals surface area contributed by atoms with E-state index in [1.54, 1.807) is 62.8 Å². The lowest BCUT2D eigenvalue weighted by molar-refractivity contribution is -0.0390. The summed E-state index contributed by atoms with van der Waals surface area (Å²) >= 11 is 12.1. The van der Waals surface area contributed by atoms with Crippen molar-refractivity contribution in [2.45, 2.75) is 210 Å². The zero-order valence-corrected chi connectivity index (χ0v) is 71.3. The summed E-state index contributed by atoms with van der Waals surface area (Å²) in [7, 11) is -0.461. The van der Waals surface area contributed by atoms with Gasteiger partial charge < -0.3 is 38.0 Å². The molecule has 2 N–H and O–H groups in total. The minimum absolute atomic E-state index is 0.133. The van der Waals surface area contributed by atoms with Gasteiger partial charge in [-0.05, 0) is 149 Å². The molecule has 0 saturated carbocycles. The van der Waals surface area contributed by atoms with Gasteiger partial charge in [0.1, 0.15) is 23.3 Å². The first kappa shape index (κ1) is 90.8. The van der Waals surface area contributed by atoms with Crippen molar-refractivity contribution in [2.75, 3.05) is 40.6 Å². The number of hydrogen-bond acceptors (Lipinski definition) is 8. The van der Waals surface area contributed by atoms with E-state index in [2.05, 4.69) is 109 Å². The summed E-state index contributed by atoms with van der Waals surface area (Å²) in [5.74, 6) is -0.247. The predicted octanol–water partition coefficient (Wildman–Crippen LogP) is 26.2. The molecule has 0 spiro atoms. The topological polar surface area (TPSA) is 95.8 Å². The first-order chi connectivity index (χ1) is 49.2. The van der Waals surface area contributed by atoms with E-state index in [-0.39, 0.29) is 67.2 Å². The minimum atomic E-state index is -1.88. The van der Waals surface area contributed by atoms with Gasteiger partial charge in [0, 0.05) is 48.2 Å². The van der Waals surface area contributed by atoms with Crippen LogP contribution in [0.15, 0.2) is 170 Å². The number of rotatable bonds is 24. The SMILES string of the molecule is CC(C)(C)[C@@H](O)c1cc(CO[Si](C)(C)C(C)(C)C)ccc1-c1ccccc1F.CC(C)(C)[C@H](O)c1cc(CO[Si](C)(C)C(C)(C)C)ccc1-c1ccccc1F.COCCO[C@@H](c1cc(CCl)ccc1-c1ccccc1F)C(C)(C)C.COCCO[C@H](c1cc(CCl)ccc1-c1ccccc1F)C(C)(C)C. The van der Waals surface area contributed by atoms with Crippen LogP contribution in [-0.4, -0.2) is 67.5 Å². The number of halogens is 6. The zero-order valence-electron chi connectivity index (χ0n) is 67.7. The maximum absolute atomic E-state index is 14.5. The summed E-state index contributed by atoms with van der Waals surface area (Å²) in [5, 5.41) is 22.3. The lowest BCUT2D eigenvalue weighted by atomic mass is 9.81. The second-order valence-electron chi connectivity index (χ2n) is 34.7. The highest BCUT2D eigenvalue weighted by Crippen LogP contribution is 2.47. The second-order valence-corrected chi connectivity index (χ2v) is 44.9. The van der Waals surface area contributed by atoms with E-state index in [1.165, 1.54) is 24.3 Å². The minimum Gasteiger partial charge on any atom is -0.413 e. The third kappa shape index (κ3) is 25.6. The van der Waals surface area contributed by atoms with Gasteiger partial charge >= 0.3 is 0 Å². The summed E-state index contributed by atoms with van der Waals surface area (Å²) in [6, 6.07) is 50.6. The van der Waals surface area contributed by atoms with Crippen molar-refractivity contribution in [3.63, 3.8) is 0 Å². The smallest absolute Gasteiger partial charge is 0.192 e. The molecule has 4 atom stereocenters. The molecule has 0 aromatic heterocycles. The van der Waals surface area contributed by atoms with Crippen LogP contribution in [0.2, 0.25) is 36.3 Å². The average molecular weight is 1540 g/mol. The maximum atomic E-state index is 14.5. The Morgan fingerprint density at radius 3 is 0.802 bits per heavy atom. The lowest BCUT2D eigenvalue weighted by Gasteiger charge is -2.36. The third-order valence-electron chi connectivity index (χ3n) is 19.8. The van der Waals surface area contributed by atoms with Crippen molar-refractivity contribution < 1.29 is 55.6 Å². The Kier molecular flexibility index (Phi) is 33.6. The molecule has 0 fully saturated rings. The van der Waals surface area contributed by atoms with Gasteiger partial charge in [-0.25, -0.2) is 17.6 Å². The Balaban J connectivity index is 0.000000254. The Hall–Kier alpha value is -5.83. The van der Waals surface area contributed by atoms with Gasteiger partial charge in [0.2, 0.25) is 0 Å². The summed E-state index contributed by atoms with van der Waals surface area (Å²) < 4.78 is 93.0. The van der Waals surface area contributed by atoms with Crippen LogP contribution >= 0.6 is 23.2 Å². The van der Waals surface area contributed by atoms with Gasteiger partial charge in [0.05, 0.1) is 64.1 Å². The van der Waals surface area contributed by atoms with E-state index >= 15 is 0 Å². The van der Waals surface area contributed by atoms with Crippen molar-refractivity contribution >= 4 is 39.8 Å². The quantitative estimate of drug-likeness (QED) is 0.0267. The van der Waals surface area contributed by atoms with Crippen molar-refractivity contribution in [1.29, 1.82) is 0 Å². The van der Waals surface area contributed by atoms with E-state index in [0.29, 0.717) is 73.7 Å². The molecule has 0 aliphatic rings. The van der Waals surface area contributed by atoms with E-state index in [9.17, 15) is 27.8 Å². The molecule has 0 unspecified atom stereocenters. The van der Waals surface area contributed by atoms with Crippen LogP contribution in [0, 0.1) is 44.9 Å². The zero-order chi connectivity index (χ0) is 79.6. The number of ether oxygens (including phenoxy) is 4. The number of aliphatic hydroxyl groups is 2. The number of hydrogen-bond donors (Lipinski definition) is 2. The highest BCUT2D eigenvalue weighted by molar-refractivity contribution is 6.74. The molecular formula is C90H122Cl2F4O8Si2. The Morgan fingerprint density at radius 1 is 0.330 bits per heavy atom. The Bertz CT molecular complexity index is 3800. The van der Waals surface area contributed by atoms with E-state index in [0.717, 1.165) is 66.8 Å². The van der Waals surface area contributed by atoms with Gasteiger partial charge in [-0.2, -0.15) is 0 Å². The van der Waals surface area contributed by atoms with E-state index in [1.807, 2.05) is 139 Å². The van der Waals surface area contributed by atoms with Crippen LogP contribution < -0.4 is 0 Å². The molecule has 8 rings (SSSR count). The molecule has 0 bridgehead atoms. The van der Waals surface area contributed by atoms with E-state index < -0.39 is 28.8 Å². The number of methoxy groups -OCH3 is 2. The van der Waals surface area contributed by atoms with Gasteiger partial charge in [-0.15, -0.1) is 23.2 Å². The van der Waals surface area contributed by atoms with Gasteiger partial charge in [-0.3, -0.25) is 0 Å². The number of alkyl halides is 2. The fourth-order valence-electron chi connectivity index (χ4n) is 11.4. The summed E-state index contributed by atoms with van der Waals surface area (Å²) in [6.07, 6.45) is -1.84. The molecule has 8 nitrogen and oxygen atoms in total. The van der Waals surface area contributed by atoms with Crippen LogP contribution in [0.3, 0.4) is 0 Å². The molecular weight excluding hydrogens is 1410 g/mol. The van der Waals surface area contributed by atoms with Crippen LogP contribution in [0.25, 0.3) is 44.5 Å². The maximum Gasteiger partial charge on any atom is 0.192 e. The van der Waals surface area contributed by atoms with Gasteiger partial charge in [-0.1, -0.05) is 270 Å². The second kappa shape index (κ2) is 39.2. The Morgan fingerprint density at radius 2 is 0.575 bits per heavy atom. The summed E-state index contributed by atoms with van der Waals surface area (Å²) in [4.78, 5) is 0. The normalized spacial score (nSPS) is 13.7. The first-order valence-electron chi connectivity index (χ1n) is 36.7. The summed E-state index contributed by atoms with van der Waals surface area (Å²) in [6.45, 7) is 49.8. The highest BCUT2D eigenvalue weighted by atomic mass is 35.5. The molecule has 0 amide bonds. The van der Waals surface area contributed by atoms with Crippen molar-refractivity contribution in [2.24, 2.45) is 21.7 Å². The Labute approximate surface area is 646 Å². The number of benzene rings is 8. The third-order valence-corrected chi connectivity index (χ3v) is 29.3. The van der Waals surface area contributed by atoms with Crippen LogP contribution in [0.1, 0.15) is 194 Å². The number of aliphatic hydroxyl groups excluding tert-OH is 2. The molecule has 0 aliphatic carbocycles. The molecule has 106 heavy (non-hydrogen) atoms. The van der Waals surface area contributed by atoms with E-state index in [4.69, 9.17) is 51.0 Å². The molecule has 0 saturated heterocycles. The standard InChI is InChI=1S/2C24H35FO2Si.2C21H26ClFO2/c2*1-23(2,3)22(26)20-15-17(16-27-28(7,8)24(4,5)6)13-14-18(20)19-11-9-10-12-21(19)25;2*1-21(2,3)20(25-12-11-24-4)18-13-15(14-22)9-10-16(18)17-7-5-6-8-19(17)23/h2*9-15,22,26H,16H2,1-8H3;2*5-10,13,20H,11-12,14H2,1-4H3/t2*22-;2*20-/m1010/s1. The first-order valence-corrected chi connectivity index (χ1v) is 43.6. The van der Waals surface area contributed by atoms with Crippen molar-refractivity contribution in [3.05, 3.63) is 238 Å². The molecule has 580 valence electrons. The fraction of sp³-hybridized carbons (Fsp3) is 0.467. The molecule has 0 aliphatic heterocycles. The van der Waals surface area contributed by atoms with Crippen molar-refractivity contribution in [3.8, 4) is 44.5 Å². The largest absolute Gasteiger partial charge is 0.413 e. The molecule has 16 heteroatoms. The molecule has 8 aromatic rings. The molecule has 0 radical (unpaired) electrons. The van der Waals surface area contributed by atoms with Crippen LogP contribution in [0.4, 0.5) is 17.6 Å². The highest BCUT2D eigenvalue weighted by Gasteiger charge is 2.39. The average Bonchev–Trinajstić information content (AvgIpc) is 0.804. The monoisotopic (exact) mass is 1530 g/mol. The van der Waals surface area contributed by atoms with Crippen LogP contribution in [0.5, 0.6) is 0 Å². The van der Waals surface area contributed by atoms with Crippen LogP contribution in [-0.2, 0) is 52.8 Å². The fourth-order valence-corrected chi connectivity index (χ4v) is 13.6. The predicted molar refractivity (Wildman–Crippen MR) is 439 cm³/mol. The molecule has 0 heterocycles. The van der Waals surface area contributed by atoms with Crippen molar-refractivity contribution in [1.82, 2.24) is 0 Å². The van der Waals surface area contributed by atoms with Gasteiger partial charge in [0.25, 0.3) is 0 Å². The summed E-state index contributed by atoms with van der Waals surface area (Å²) in [5.41, 5.74) is 11.6.